The Balaban J connectivity index is 1.42. The highest BCUT2D eigenvalue weighted by Crippen LogP contribution is 2.17. The monoisotopic (exact) mass is 318 g/mol. The number of amides is 1. The van der Waals surface area contributed by atoms with Crippen LogP contribution in [0.25, 0.3) is 0 Å². The molecule has 1 aromatic heterocycles. The third-order valence-corrected chi connectivity index (χ3v) is 4.62. The number of piperidine rings is 2. The van der Waals surface area contributed by atoms with E-state index in [2.05, 4.69) is 14.9 Å². The van der Waals surface area contributed by atoms with Crippen molar-refractivity contribution in [1.82, 2.24) is 19.8 Å². The quantitative estimate of drug-likeness (QED) is 0.845. The molecule has 0 atom stereocenters. The average Bonchev–Trinajstić information content (AvgIpc) is 2.57. The topological polar surface area (TPSA) is 58.6 Å². The molecule has 1 amide bonds. The molecule has 0 aromatic carbocycles. The Hall–Kier alpha value is -1.69. The molecule has 1 aromatic rings. The van der Waals surface area contributed by atoms with Crippen molar-refractivity contribution in [3.63, 3.8) is 0 Å². The highest BCUT2D eigenvalue weighted by Gasteiger charge is 2.24. The van der Waals surface area contributed by atoms with E-state index in [0.717, 1.165) is 57.6 Å². The molecular formula is C17H26N4O2. The first-order chi connectivity index (χ1) is 11.2. The summed E-state index contributed by atoms with van der Waals surface area (Å²) in [7, 11) is 0. The normalized spacial score (nSPS) is 20.5. The van der Waals surface area contributed by atoms with Crippen LogP contribution in [-0.4, -0.2) is 64.5 Å². The number of carbonyl (C=O) groups excluding carboxylic acids is 1. The lowest BCUT2D eigenvalue weighted by molar-refractivity contribution is -0.133. The number of carbonyl (C=O) groups is 1. The molecule has 3 rings (SSSR count). The fourth-order valence-corrected chi connectivity index (χ4v) is 3.29. The van der Waals surface area contributed by atoms with Gasteiger partial charge in [-0.25, -0.2) is 4.98 Å². The Morgan fingerprint density at radius 1 is 1.17 bits per heavy atom. The summed E-state index contributed by atoms with van der Waals surface area (Å²) in [6.45, 7) is 6.15. The smallest absolute Gasteiger partial charge is 0.236 e. The molecule has 3 heterocycles. The zero-order valence-electron chi connectivity index (χ0n) is 13.9. The van der Waals surface area contributed by atoms with Crippen LogP contribution in [0.15, 0.2) is 12.4 Å². The minimum atomic E-state index is 0.174. The lowest BCUT2D eigenvalue weighted by atomic mass is 10.1. The Labute approximate surface area is 137 Å². The summed E-state index contributed by atoms with van der Waals surface area (Å²) in [5.41, 5.74) is 0.868. The van der Waals surface area contributed by atoms with E-state index in [1.165, 1.54) is 6.42 Å². The second-order valence-corrected chi connectivity index (χ2v) is 6.53. The number of ether oxygens (including phenoxy) is 1. The van der Waals surface area contributed by atoms with Crippen molar-refractivity contribution < 1.29 is 9.53 Å². The van der Waals surface area contributed by atoms with Gasteiger partial charge >= 0.3 is 0 Å². The van der Waals surface area contributed by atoms with Crippen LogP contribution >= 0.6 is 0 Å². The standard InChI is InChI=1S/C17H26N4O2/c1-14-11-18-12-16(19-14)23-15-5-9-20(10-6-15)13-17(22)21-7-3-2-4-8-21/h11-12,15H,2-10,13H2,1H3. The van der Waals surface area contributed by atoms with E-state index in [4.69, 9.17) is 4.74 Å². The minimum absolute atomic E-state index is 0.174. The van der Waals surface area contributed by atoms with Gasteiger partial charge < -0.3 is 9.64 Å². The summed E-state index contributed by atoms with van der Waals surface area (Å²) in [6, 6.07) is 0. The molecular weight excluding hydrogens is 292 g/mol. The van der Waals surface area contributed by atoms with Crippen molar-refractivity contribution >= 4 is 5.91 Å². The Morgan fingerprint density at radius 3 is 2.61 bits per heavy atom. The zero-order chi connectivity index (χ0) is 16.1. The van der Waals surface area contributed by atoms with E-state index in [9.17, 15) is 4.79 Å². The van der Waals surface area contributed by atoms with Crippen LogP contribution in [0.1, 0.15) is 37.8 Å². The molecule has 6 heteroatoms. The van der Waals surface area contributed by atoms with E-state index >= 15 is 0 Å². The third kappa shape index (κ3) is 4.64. The molecule has 126 valence electrons. The number of aryl methyl sites for hydroxylation is 1. The molecule has 2 aliphatic rings. The number of aromatic nitrogens is 2. The fourth-order valence-electron chi connectivity index (χ4n) is 3.29. The van der Waals surface area contributed by atoms with Crippen molar-refractivity contribution in [2.45, 2.75) is 45.1 Å². The highest BCUT2D eigenvalue weighted by atomic mass is 16.5. The zero-order valence-corrected chi connectivity index (χ0v) is 13.9. The predicted octanol–water partition coefficient (Wildman–Crippen LogP) is 1.64. The first-order valence-corrected chi connectivity index (χ1v) is 8.66. The molecule has 0 N–H and O–H groups in total. The predicted molar refractivity (Wildman–Crippen MR) is 87.3 cm³/mol. The maximum atomic E-state index is 12.3. The van der Waals surface area contributed by atoms with Crippen molar-refractivity contribution in [2.24, 2.45) is 0 Å². The van der Waals surface area contributed by atoms with E-state index in [1.807, 2.05) is 11.8 Å². The second kappa shape index (κ2) is 7.73. The number of hydrogen-bond donors (Lipinski definition) is 0. The third-order valence-electron chi connectivity index (χ3n) is 4.62. The molecule has 6 nitrogen and oxygen atoms in total. The van der Waals surface area contributed by atoms with Crippen LogP contribution in [0.5, 0.6) is 5.88 Å². The van der Waals surface area contributed by atoms with Gasteiger partial charge in [0.1, 0.15) is 6.10 Å². The van der Waals surface area contributed by atoms with Crippen LogP contribution in [0.3, 0.4) is 0 Å². The van der Waals surface area contributed by atoms with Crippen LogP contribution < -0.4 is 4.74 Å². The molecule has 0 spiro atoms. The molecule has 2 fully saturated rings. The second-order valence-electron chi connectivity index (χ2n) is 6.53. The van der Waals surface area contributed by atoms with Crippen LogP contribution in [-0.2, 0) is 4.79 Å². The molecule has 0 saturated carbocycles. The Kier molecular flexibility index (Phi) is 5.43. The summed E-state index contributed by atoms with van der Waals surface area (Å²) in [4.78, 5) is 25.0. The van der Waals surface area contributed by atoms with E-state index in [1.54, 1.807) is 12.4 Å². The molecule has 2 saturated heterocycles. The number of nitrogens with zero attached hydrogens (tertiary/aromatic N) is 4. The van der Waals surface area contributed by atoms with Gasteiger partial charge in [0.2, 0.25) is 11.8 Å². The van der Waals surface area contributed by atoms with Gasteiger partial charge in [-0.2, -0.15) is 0 Å². The molecule has 2 aliphatic heterocycles. The molecule has 0 bridgehead atoms. The number of rotatable bonds is 4. The highest BCUT2D eigenvalue weighted by molar-refractivity contribution is 5.78. The Bertz CT molecular complexity index is 523. The first kappa shape index (κ1) is 16.2. The molecule has 0 aliphatic carbocycles. The van der Waals surface area contributed by atoms with E-state index in [0.29, 0.717) is 12.4 Å². The first-order valence-electron chi connectivity index (χ1n) is 8.66. The summed E-state index contributed by atoms with van der Waals surface area (Å²) < 4.78 is 5.91. The van der Waals surface area contributed by atoms with Gasteiger partial charge in [-0.3, -0.25) is 14.7 Å². The van der Waals surface area contributed by atoms with Crippen molar-refractivity contribution in [3.8, 4) is 5.88 Å². The minimum Gasteiger partial charge on any atom is -0.473 e. The number of hydrogen-bond acceptors (Lipinski definition) is 5. The Morgan fingerprint density at radius 2 is 1.91 bits per heavy atom. The van der Waals surface area contributed by atoms with Gasteiger partial charge in [0.15, 0.2) is 0 Å². The van der Waals surface area contributed by atoms with Gasteiger partial charge in [0.25, 0.3) is 0 Å². The van der Waals surface area contributed by atoms with E-state index in [-0.39, 0.29) is 12.0 Å². The molecule has 23 heavy (non-hydrogen) atoms. The van der Waals surface area contributed by atoms with Crippen LogP contribution in [0.2, 0.25) is 0 Å². The van der Waals surface area contributed by atoms with Crippen LogP contribution in [0, 0.1) is 6.92 Å². The molecule has 0 unspecified atom stereocenters. The summed E-state index contributed by atoms with van der Waals surface area (Å²) in [5, 5.41) is 0. The summed E-state index contributed by atoms with van der Waals surface area (Å²) >= 11 is 0. The SMILES string of the molecule is Cc1cncc(OC2CCN(CC(=O)N3CCCCC3)CC2)n1. The number of likely N-dealkylation sites (tertiary alicyclic amines) is 2. The summed E-state index contributed by atoms with van der Waals surface area (Å²) in [5.74, 6) is 0.890. The van der Waals surface area contributed by atoms with Gasteiger partial charge in [0.05, 0.1) is 18.4 Å². The average molecular weight is 318 g/mol. The van der Waals surface area contributed by atoms with Crippen molar-refractivity contribution in [2.75, 3.05) is 32.7 Å². The van der Waals surface area contributed by atoms with Gasteiger partial charge in [-0.05, 0) is 39.0 Å². The summed E-state index contributed by atoms with van der Waals surface area (Å²) in [6.07, 6.45) is 8.99. The lowest BCUT2D eigenvalue weighted by Crippen LogP contribution is -2.46. The maximum Gasteiger partial charge on any atom is 0.236 e. The fraction of sp³-hybridized carbons (Fsp3) is 0.706. The van der Waals surface area contributed by atoms with Crippen molar-refractivity contribution in [3.05, 3.63) is 18.1 Å². The van der Waals surface area contributed by atoms with E-state index < -0.39 is 0 Å². The van der Waals surface area contributed by atoms with Gasteiger partial charge in [-0.15, -0.1) is 0 Å². The lowest BCUT2D eigenvalue weighted by Gasteiger charge is -2.34. The van der Waals surface area contributed by atoms with Crippen molar-refractivity contribution in [1.29, 1.82) is 0 Å². The van der Waals surface area contributed by atoms with Gasteiger partial charge in [-0.1, -0.05) is 0 Å². The molecule has 0 radical (unpaired) electrons. The largest absolute Gasteiger partial charge is 0.473 e. The van der Waals surface area contributed by atoms with Gasteiger partial charge in [0, 0.05) is 32.4 Å². The maximum absolute atomic E-state index is 12.3. The van der Waals surface area contributed by atoms with Crippen LogP contribution in [0.4, 0.5) is 0 Å².